The highest BCUT2D eigenvalue weighted by Gasteiger charge is 1.93. The zero-order valence-corrected chi connectivity index (χ0v) is 8.25. The van der Waals surface area contributed by atoms with E-state index in [9.17, 15) is 4.79 Å². The Morgan fingerprint density at radius 3 is 2.87 bits per heavy atom. The van der Waals surface area contributed by atoms with Crippen molar-refractivity contribution in [2.45, 2.75) is 0 Å². The zero-order chi connectivity index (χ0) is 11.1. The number of ether oxygens (including phenoxy) is 1. The molecule has 1 rings (SSSR count). The number of esters is 1. The molecule has 0 atom stereocenters. The normalized spacial score (nSPS) is 11.0. The van der Waals surface area contributed by atoms with E-state index in [0.29, 0.717) is 0 Å². The van der Waals surface area contributed by atoms with Crippen LogP contribution in [0.2, 0.25) is 0 Å². The largest absolute Gasteiger partial charge is 0.466 e. The van der Waals surface area contributed by atoms with Crippen LogP contribution in [0.5, 0.6) is 0 Å². The third-order valence-electron chi connectivity index (χ3n) is 1.73. The minimum absolute atomic E-state index is 0.406. The van der Waals surface area contributed by atoms with Gasteiger partial charge < -0.3 is 9.94 Å². The minimum atomic E-state index is -0.406. The SMILES string of the molecule is COC(=O)C=Cc1cccc(C=NO)c1. The zero-order valence-electron chi connectivity index (χ0n) is 8.25. The highest BCUT2D eigenvalue weighted by atomic mass is 16.5. The molecule has 1 N–H and O–H groups in total. The average Bonchev–Trinajstić information content (AvgIpc) is 2.27. The van der Waals surface area contributed by atoms with Crippen molar-refractivity contribution < 1.29 is 14.7 Å². The van der Waals surface area contributed by atoms with Gasteiger partial charge in [0.05, 0.1) is 13.3 Å². The first-order chi connectivity index (χ1) is 7.26. The summed E-state index contributed by atoms with van der Waals surface area (Å²) in [4.78, 5) is 10.8. The van der Waals surface area contributed by atoms with E-state index in [-0.39, 0.29) is 0 Å². The van der Waals surface area contributed by atoms with E-state index in [2.05, 4.69) is 9.89 Å². The van der Waals surface area contributed by atoms with Crippen LogP contribution in [0, 0.1) is 0 Å². The lowest BCUT2D eigenvalue weighted by Gasteiger charge is -1.95. The molecular formula is C11H11NO3. The fraction of sp³-hybridized carbons (Fsp3) is 0.0909. The van der Waals surface area contributed by atoms with Gasteiger partial charge in [-0.2, -0.15) is 0 Å². The molecule has 15 heavy (non-hydrogen) atoms. The predicted octanol–water partition coefficient (Wildman–Crippen LogP) is 1.68. The summed E-state index contributed by atoms with van der Waals surface area (Å²) < 4.78 is 4.46. The van der Waals surface area contributed by atoms with Gasteiger partial charge in [-0.25, -0.2) is 4.79 Å². The van der Waals surface area contributed by atoms with Gasteiger partial charge in [0.1, 0.15) is 0 Å². The summed E-state index contributed by atoms with van der Waals surface area (Å²) in [5.41, 5.74) is 1.59. The predicted molar refractivity (Wildman–Crippen MR) is 56.9 cm³/mol. The molecule has 0 aliphatic heterocycles. The summed E-state index contributed by atoms with van der Waals surface area (Å²) in [6, 6.07) is 7.19. The van der Waals surface area contributed by atoms with Gasteiger partial charge in [0.15, 0.2) is 0 Å². The van der Waals surface area contributed by atoms with Crippen molar-refractivity contribution in [1.29, 1.82) is 0 Å². The molecule has 0 unspecified atom stereocenters. The molecular weight excluding hydrogens is 194 g/mol. The van der Waals surface area contributed by atoms with Gasteiger partial charge in [-0.3, -0.25) is 0 Å². The van der Waals surface area contributed by atoms with Crippen molar-refractivity contribution in [3.8, 4) is 0 Å². The van der Waals surface area contributed by atoms with Gasteiger partial charge >= 0.3 is 5.97 Å². The van der Waals surface area contributed by atoms with Crippen molar-refractivity contribution in [1.82, 2.24) is 0 Å². The Balaban J connectivity index is 2.82. The van der Waals surface area contributed by atoms with Crippen molar-refractivity contribution >= 4 is 18.3 Å². The van der Waals surface area contributed by atoms with E-state index in [1.54, 1.807) is 24.3 Å². The topological polar surface area (TPSA) is 58.9 Å². The van der Waals surface area contributed by atoms with Gasteiger partial charge in [0, 0.05) is 6.08 Å². The molecule has 0 bridgehead atoms. The second-order valence-corrected chi connectivity index (χ2v) is 2.77. The molecule has 4 heteroatoms. The average molecular weight is 205 g/mol. The first-order valence-corrected chi connectivity index (χ1v) is 4.30. The maximum absolute atomic E-state index is 10.8. The van der Waals surface area contributed by atoms with Crippen LogP contribution in [0.25, 0.3) is 6.08 Å². The Labute approximate surface area is 87.5 Å². The molecule has 1 aromatic rings. The molecule has 4 nitrogen and oxygen atoms in total. The quantitative estimate of drug-likeness (QED) is 0.268. The first-order valence-electron chi connectivity index (χ1n) is 4.30. The number of carbonyl (C=O) groups is 1. The van der Waals surface area contributed by atoms with Gasteiger partial charge in [-0.1, -0.05) is 23.4 Å². The summed E-state index contributed by atoms with van der Waals surface area (Å²) in [7, 11) is 1.32. The molecule has 0 aromatic heterocycles. The third-order valence-corrected chi connectivity index (χ3v) is 1.73. The number of carbonyl (C=O) groups excluding carboxylic acids is 1. The fourth-order valence-corrected chi connectivity index (χ4v) is 1.04. The van der Waals surface area contributed by atoms with Crippen LogP contribution < -0.4 is 0 Å². The first kappa shape index (κ1) is 11.0. The highest BCUT2D eigenvalue weighted by Crippen LogP contribution is 2.05. The van der Waals surface area contributed by atoms with Crippen LogP contribution in [0.1, 0.15) is 11.1 Å². The Morgan fingerprint density at radius 1 is 1.47 bits per heavy atom. The Morgan fingerprint density at radius 2 is 2.20 bits per heavy atom. The second-order valence-electron chi connectivity index (χ2n) is 2.77. The molecule has 0 spiro atoms. The summed E-state index contributed by atoms with van der Waals surface area (Å²) in [5, 5.41) is 11.3. The van der Waals surface area contributed by atoms with Crippen molar-refractivity contribution in [3.63, 3.8) is 0 Å². The minimum Gasteiger partial charge on any atom is -0.466 e. The number of benzene rings is 1. The fourth-order valence-electron chi connectivity index (χ4n) is 1.04. The molecule has 0 saturated carbocycles. The maximum Gasteiger partial charge on any atom is 0.330 e. The molecule has 0 aliphatic rings. The molecule has 0 saturated heterocycles. The van der Waals surface area contributed by atoms with Crippen LogP contribution in [-0.2, 0) is 9.53 Å². The van der Waals surface area contributed by atoms with Crippen molar-refractivity contribution in [3.05, 3.63) is 41.5 Å². The molecule has 0 fully saturated rings. The molecule has 0 heterocycles. The van der Waals surface area contributed by atoms with Gasteiger partial charge in [0.25, 0.3) is 0 Å². The molecule has 1 aromatic carbocycles. The van der Waals surface area contributed by atoms with Crippen LogP contribution in [0.3, 0.4) is 0 Å². The monoisotopic (exact) mass is 205 g/mol. The van der Waals surface area contributed by atoms with E-state index in [1.165, 1.54) is 19.4 Å². The van der Waals surface area contributed by atoms with E-state index in [0.717, 1.165) is 11.1 Å². The van der Waals surface area contributed by atoms with Gasteiger partial charge in [-0.15, -0.1) is 0 Å². The van der Waals surface area contributed by atoms with E-state index >= 15 is 0 Å². The molecule has 0 radical (unpaired) electrons. The Kier molecular flexibility index (Phi) is 4.09. The smallest absolute Gasteiger partial charge is 0.330 e. The molecule has 0 amide bonds. The van der Waals surface area contributed by atoms with Crippen molar-refractivity contribution in [2.75, 3.05) is 7.11 Å². The van der Waals surface area contributed by atoms with Crippen LogP contribution in [-0.4, -0.2) is 24.5 Å². The number of nitrogens with zero attached hydrogens (tertiary/aromatic N) is 1. The lowest BCUT2D eigenvalue weighted by Crippen LogP contribution is -1.93. The lowest BCUT2D eigenvalue weighted by atomic mass is 10.1. The standard InChI is InChI=1S/C11H11NO3/c1-15-11(13)6-5-9-3-2-4-10(7-9)8-12-14/h2-8,14H,1H3. The summed E-state index contributed by atoms with van der Waals surface area (Å²) >= 11 is 0. The van der Waals surface area contributed by atoms with E-state index < -0.39 is 5.97 Å². The number of hydrogen-bond donors (Lipinski definition) is 1. The number of hydrogen-bond acceptors (Lipinski definition) is 4. The highest BCUT2D eigenvalue weighted by molar-refractivity contribution is 5.87. The van der Waals surface area contributed by atoms with Gasteiger partial charge in [-0.05, 0) is 23.3 Å². The van der Waals surface area contributed by atoms with Crippen LogP contribution >= 0.6 is 0 Å². The molecule has 0 aliphatic carbocycles. The Hall–Kier alpha value is -2.10. The maximum atomic E-state index is 10.8. The third kappa shape index (κ3) is 3.64. The van der Waals surface area contributed by atoms with Crippen LogP contribution in [0.15, 0.2) is 35.5 Å². The number of oxime groups is 1. The van der Waals surface area contributed by atoms with Crippen molar-refractivity contribution in [2.24, 2.45) is 5.16 Å². The summed E-state index contributed by atoms with van der Waals surface area (Å²) in [6.07, 6.45) is 4.27. The number of methoxy groups -OCH3 is 1. The lowest BCUT2D eigenvalue weighted by molar-refractivity contribution is -0.134. The second kappa shape index (κ2) is 5.59. The summed E-state index contributed by atoms with van der Waals surface area (Å²) in [5.74, 6) is -0.406. The Bertz CT molecular complexity index is 397. The number of rotatable bonds is 3. The van der Waals surface area contributed by atoms with E-state index in [1.807, 2.05) is 6.07 Å². The van der Waals surface area contributed by atoms with Crippen LogP contribution in [0.4, 0.5) is 0 Å². The summed E-state index contributed by atoms with van der Waals surface area (Å²) in [6.45, 7) is 0. The van der Waals surface area contributed by atoms with E-state index in [4.69, 9.17) is 5.21 Å². The molecule has 78 valence electrons. The van der Waals surface area contributed by atoms with Gasteiger partial charge in [0.2, 0.25) is 0 Å².